The first-order valence-corrected chi connectivity index (χ1v) is 9.05. The lowest BCUT2D eigenvalue weighted by atomic mass is 10.1. The van der Waals surface area contributed by atoms with E-state index in [2.05, 4.69) is 39.9 Å². The number of rotatable bonds is 7. The fourth-order valence-corrected chi connectivity index (χ4v) is 3.11. The smallest absolute Gasteiger partial charge is 0.216 e. The molecule has 0 spiro atoms. The lowest BCUT2D eigenvalue weighted by molar-refractivity contribution is -0.118. The first-order chi connectivity index (χ1) is 12.2. The predicted octanol–water partition coefficient (Wildman–Crippen LogP) is 4.07. The average Bonchev–Trinajstić information content (AvgIpc) is 3.10. The van der Waals surface area contributed by atoms with Crippen molar-refractivity contribution in [2.75, 3.05) is 6.54 Å². The van der Waals surface area contributed by atoms with E-state index in [0.29, 0.717) is 13.2 Å². The molecule has 0 saturated heterocycles. The van der Waals surface area contributed by atoms with Gasteiger partial charge in [0.05, 0.1) is 5.69 Å². The molecule has 0 fully saturated rings. The highest BCUT2D eigenvalue weighted by Gasteiger charge is 2.06. The summed E-state index contributed by atoms with van der Waals surface area (Å²) in [6.45, 7) is 2.67. The van der Waals surface area contributed by atoms with Crippen LogP contribution in [0.1, 0.15) is 17.5 Å². The van der Waals surface area contributed by atoms with Crippen molar-refractivity contribution in [3.63, 3.8) is 0 Å². The van der Waals surface area contributed by atoms with E-state index in [1.54, 1.807) is 11.3 Å². The molecule has 0 bridgehead atoms. The first-order valence-electron chi connectivity index (χ1n) is 8.17. The van der Waals surface area contributed by atoms with Gasteiger partial charge >= 0.3 is 0 Å². The van der Waals surface area contributed by atoms with E-state index in [0.717, 1.165) is 28.4 Å². The third-order valence-corrected chi connectivity index (χ3v) is 4.52. The zero-order chi connectivity index (χ0) is 17.5. The maximum absolute atomic E-state index is 10.9. The molecule has 128 valence electrons. The molecule has 2 aromatic carbocycles. The molecule has 3 aromatic rings. The van der Waals surface area contributed by atoms with E-state index < -0.39 is 0 Å². The summed E-state index contributed by atoms with van der Waals surface area (Å²) < 4.78 is 5.74. The number of hydrogen-bond donors (Lipinski definition) is 1. The number of nitrogens with zero attached hydrogens (tertiary/aromatic N) is 1. The molecule has 1 heterocycles. The van der Waals surface area contributed by atoms with E-state index in [1.807, 2.05) is 30.3 Å². The molecule has 5 heteroatoms. The van der Waals surface area contributed by atoms with E-state index in [9.17, 15) is 4.79 Å². The van der Waals surface area contributed by atoms with Crippen LogP contribution in [0.3, 0.4) is 0 Å². The summed E-state index contributed by atoms with van der Waals surface area (Å²) >= 11 is 1.60. The molecule has 1 N–H and O–H groups in total. The molecule has 3 rings (SSSR count). The van der Waals surface area contributed by atoms with Crippen molar-refractivity contribution >= 4 is 17.2 Å². The highest BCUT2D eigenvalue weighted by Crippen LogP contribution is 2.23. The number of hydrogen-bond acceptors (Lipinski definition) is 4. The van der Waals surface area contributed by atoms with Gasteiger partial charge in [-0.25, -0.2) is 4.98 Å². The van der Waals surface area contributed by atoms with Crippen molar-refractivity contribution < 1.29 is 9.53 Å². The topological polar surface area (TPSA) is 51.2 Å². The van der Waals surface area contributed by atoms with Crippen LogP contribution < -0.4 is 10.1 Å². The number of carbonyl (C=O) groups excluding carboxylic acids is 1. The minimum atomic E-state index is 0.00402. The van der Waals surface area contributed by atoms with Crippen LogP contribution in [-0.2, 0) is 17.8 Å². The zero-order valence-corrected chi connectivity index (χ0v) is 14.9. The maximum Gasteiger partial charge on any atom is 0.216 e. The molecule has 1 amide bonds. The molecule has 0 unspecified atom stereocenters. The fraction of sp³-hybridized carbons (Fsp3) is 0.200. The fourth-order valence-electron chi connectivity index (χ4n) is 2.40. The van der Waals surface area contributed by atoms with Crippen molar-refractivity contribution in [1.82, 2.24) is 10.3 Å². The molecular weight excluding hydrogens is 332 g/mol. The molecule has 0 aliphatic rings. The summed E-state index contributed by atoms with van der Waals surface area (Å²) in [4.78, 5) is 15.5. The van der Waals surface area contributed by atoms with Crippen molar-refractivity contribution in [3.05, 3.63) is 70.5 Å². The minimum absolute atomic E-state index is 0.00402. The summed E-state index contributed by atoms with van der Waals surface area (Å²) in [5, 5.41) is 5.81. The lowest BCUT2D eigenvalue weighted by Crippen LogP contribution is -2.22. The molecule has 0 aliphatic heterocycles. The number of carbonyl (C=O) groups is 1. The first kappa shape index (κ1) is 17.2. The maximum atomic E-state index is 10.9. The van der Waals surface area contributed by atoms with Gasteiger partial charge < -0.3 is 10.1 Å². The van der Waals surface area contributed by atoms with Crippen LogP contribution in [0.5, 0.6) is 5.75 Å². The average molecular weight is 352 g/mol. The quantitative estimate of drug-likeness (QED) is 0.697. The Labute approximate surface area is 151 Å². The van der Waals surface area contributed by atoms with Gasteiger partial charge in [-0.2, -0.15) is 0 Å². The largest absolute Gasteiger partial charge is 0.486 e. The van der Waals surface area contributed by atoms with E-state index in [4.69, 9.17) is 4.74 Å². The second-order valence-electron chi connectivity index (χ2n) is 5.66. The molecule has 0 radical (unpaired) electrons. The van der Waals surface area contributed by atoms with E-state index in [-0.39, 0.29) is 5.91 Å². The van der Waals surface area contributed by atoms with Crippen LogP contribution in [0.4, 0.5) is 0 Å². The standard InChI is InChI=1S/C20H20N2O2S/c1-15(23)21-12-11-16-7-9-17(10-8-16)19-14-25-20(22-19)13-24-18-5-3-2-4-6-18/h2-10,14H,11-13H2,1H3,(H,21,23). The Bertz CT molecular complexity index is 813. The van der Waals surface area contributed by atoms with Crippen LogP contribution in [0, 0.1) is 0 Å². The van der Waals surface area contributed by atoms with Gasteiger partial charge in [0, 0.05) is 24.4 Å². The molecular formula is C20H20N2O2S. The Balaban J connectivity index is 1.57. The van der Waals surface area contributed by atoms with Crippen LogP contribution in [0.25, 0.3) is 11.3 Å². The molecule has 0 atom stereocenters. The summed E-state index contributed by atoms with van der Waals surface area (Å²) in [6, 6.07) is 18.1. The Morgan fingerprint density at radius 1 is 1.12 bits per heavy atom. The van der Waals surface area contributed by atoms with Crippen LogP contribution in [0.2, 0.25) is 0 Å². The molecule has 0 aliphatic carbocycles. The molecule has 4 nitrogen and oxygen atoms in total. The Hall–Kier alpha value is -2.66. The summed E-state index contributed by atoms with van der Waals surface area (Å²) in [5.74, 6) is 0.854. The number of aromatic nitrogens is 1. The molecule has 0 saturated carbocycles. The van der Waals surface area contributed by atoms with Gasteiger partial charge in [-0.15, -0.1) is 11.3 Å². The van der Waals surface area contributed by atoms with Gasteiger partial charge in [-0.1, -0.05) is 42.5 Å². The van der Waals surface area contributed by atoms with Gasteiger partial charge in [0.1, 0.15) is 17.4 Å². The molecule has 1 aromatic heterocycles. The van der Waals surface area contributed by atoms with Crippen LogP contribution in [-0.4, -0.2) is 17.4 Å². The van der Waals surface area contributed by atoms with Gasteiger partial charge in [-0.3, -0.25) is 4.79 Å². The summed E-state index contributed by atoms with van der Waals surface area (Å²) in [6.07, 6.45) is 0.826. The monoisotopic (exact) mass is 352 g/mol. The number of amides is 1. The molecule has 25 heavy (non-hydrogen) atoms. The second kappa shape index (κ2) is 8.44. The Kier molecular flexibility index (Phi) is 5.80. The SMILES string of the molecule is CC(=O)NCCc1ccc(-c2csc(COc3ccccc3)n2)cc1. The number of ether oxygens (including phenoxy) is 1. The van der Waals surface area contributed by atoms with E-state index in [1.165, 1.54) is 12.5 Å². The lowest BCUT2D eigenvalue weighted by Gasteiger charge is -2.04. The zero-order valence-electron chi connectivity index (χ0n) is 14.1. The summed E-state index contributed by atoms with van der Waals surface area (Å²) in [5.41, 5.74) is 3.25. The van der Waals surface area contributed by atoms with Gasteiger partial charge in [0.15, 0.2) is 0 Å². The Morgan fingerprint density at radius 2 is 1.88 bits per heavy atom. The predicted molar refractivity (Wildman–Crippen MR) is 101 cm³/mol. The van der Waals surface area contributed by atoms with Crippen LogP contribution >= 0.6 is 11.3 Å². The van der Waals surface area contributed by atoms with Crippen molar-refractivity contribution in [2.24, 2.45) is 0 Å². The number of nitrogens with one attached hydrogen (secondary N) is 1. The third kappa shape index (κ3) is 5.16. The highest BCUT2D eigenvalue weighted by molar-refractivity contribution is 7.09. The van der Waals surface area contributed by atoms with Gasteiger partial charge in [-0.05, 0) is 24.1 Å². The van der Waals surface area contributed by atoms with E-state index >= 15 is 0 Å². The third-order valence-electron chi connectivity index (χ3n) is 3.69. The summed E-state index contributed by atoms with van der Waals surface area (Å²) in [7, 11) is 0. The minimum Gasteiger partial charge on any atom is -0.486 e. The normalized spacial score (nSPS) is 10.4. The highest BCUT2D eigenvalue weighted by atomic mass is 32.1. The van der Waals surface area contributed by atoms with Crippen molar-refractivity contribution in [1.29, 1.82) is 0 Å². The van der Waals surface area contributed by atoms with Gasteiger partial charge in [0.25, 0.3) is 0 Å². The second-order valence-corrected chi connectivity index (χ2v) is 6.60. The van der Waals surface area contributed by atoms with Gasteiger partial charge in [0.2, 0.25) is 5.91 Å². The van der Waals surface area contributed by atoms with Crippen molar-refractivity contribution in [2.45, 2.75) is 20.0 Å². The number of benzene rings is 2. The number of para-hydroxylation sites is 1. The van der Waals surface area contributed by atoms with Crippen molar-refractivity contribution in [3.8, 4) is 17.0 Å². The number of thiazole rings is 1. The Morgan fingerprint density at radius 3 is 2.60 bits per heavy atom. The van der Waals surface area contributed by atoms with Crippen LogP contribution in [0.15, 0.2) is 60.0 Å².